The summed E-state index contributed by atoms with van der Waals surface area (Å²) in [5.41, 5.74) is 2.33. The van der Waals surface area contributed by atoms with E-state index in [0.717, 1.165) is 0 Å². The molecule has 0 unspecified atom stereocenters. The molecule has 2 aromatic rings. The van der Waals surface area contributed by atoms with Crippen LogP contribution in [0.5, 0.6) is 0 Å². The zero-order valence-corrected chi connectivity index (χ0v) is 14.9. The fraction of sp³-hybridized carbons (Fsp3) is 0.222. The summed E-state index contributed by atoms with van der Waals surface area (Å²) in [4.78, 5) is 23.8. The second kappa shape index (κ2) is 8.18. The molecule has 24 heavy (non-hydrogen) atoms. The van der Waals surface area contributed by atoms with Crippen molar-refractivity contribution in [2.24, 2.45) is 0 Å². The van der Waals surface area contributed by atoms with Gasteiger partial charge in [0.2, 0.25) is 11.8 Å². The Morgan fingerprint density at radius 3 is 1.96 bits per heavy atom. The summed E-state index contributed by atoms with van der Waals surface area (Å²) in [7, 11) is 0. The second-order valence-electron chi connectivity index (χ2n) is 5.68. The van der Waals surface area contributed by atoms with Gasteiger partial charge in [-0.3, -0.25) is 9.59 Å². The third kappa shape index (κ3) is 5.25. The topological polar surface area (TPSA) is 58.2 Å². The van der Waals surface area contributed by atoms with Crippen molar-refractivity contribution in [1.29, 1.82) is 0 Å². The number of hydrogen-bond acceptors (Lipinski definition) is 2. The van der Waals surface area contributed by atoms with Crippen molar-refractivity contribution in [3.8, 4) is 0 Å². The highest BCUT2D eigenvalue weighted by molar-refractivity contribution is 6.42. The van der Waals surface area contributed by atoms with Gasteiger partial charge in [0, 0.05) is 11.4 Å². The highest BCUT2D eigenvalue weighted by Gasteiger charge is 2.11. The first-order chi connectivity index (χ1) is 11.3. The molecule has 0 aliphatic carbocycles. The zero-order valence-electron chi connectivity index (χ0n) is 13.4. The van der Waals surface area contributed by atoms with Crippen molar-refractivity contribution in [3.63, 3.8) is 0 Å². The lowest BCUT2D eigenvalue weighted by Gasteiger charge is -2.09. The van der Waals surface area contributed by atoms with Crippen LogP contribution in [-0.4, -0.2) is 11.8 Å². The van der Waals surface area contributed by atoms with E-state index < -0.39 is 5.91 Å². The number of halogens is 2. The van der Waals surface area contributed by atoms with Gasteiger partial charge < -0.3 is 10.6 Å². The maximum atomic E-state index is 11.9. The third-order valence-corrected chi connectivity index (χ3v) is 4.12. The predicted molar refractivity (Wildman–Crippen MR) is 98.9 cm³/mol. The lowest BCUT2D eigenvalue weighted by atomic mass is 10.0. The van der Waals surface area contributed by atoms with Crippen LogP contribution in [0.1, 0.15) is 31.7 Å². The molecule has 0 spiro atoms. The molecule has 0 saturated carbocycles. The summed E-state index contributed by atoms with van der Waals surface area (Å²) in [6, 6.07) is 12.3. The Morgan fingerprint density at radius 1 is 0.875 bits per heavy atom. The van der Waals surface area contributed by atoms with Crippen LogP contribution in [-0.2, 0) is 9.59 Å². The molecule has 6 heteroatoms. The molecular weight excluding hydrogens is 347 g/mol. The van der Waals surface area contributed by atoms with Crippen LogP contribution < -0.4 is 10.6 Å². The summed E-state index contributed by atoms with van der Waals surface area (Å²) in [5, 5.41) is 6.04. The third-order valence-electron chi connectivity index (χ3n) is 3.39. The number of anilines is 2. The number of nitrogens with one attached hydrogen (secondary N) is 2. The van der Waals surface area contributed by atoms with E-state index in [0.29, 0.717) is 27.3 Å². The van der Waals surface area contributed by atoms with E-state index in [9.17, 15) is 9.59 Å². The minimum atomic E-state index is -0.426. The molecule has 2 aromatic carbocycles. The van der Waals surface area contributed by atoms with Gasteiger partial charge in [-0.2, -0.15) is 0 Å². The molecular formula is C18H18Cl2N2O2. The largest absolute Gasteiger partial charge is 0.326 e. The molecule has 0 radical (unpaired) electrons. The van der Waals surface area contributed by atoms with Gasteiger partial charge in [-0.1, -0.05) is 49.2 Å². The molecule has 0 atom stereocenters. The van der Waals surface area contributed by atoms with Gasteiger partial charge in [0.1, 0.15) is 6.42 Å². The molecule has 0 aromatic heterocycles. The lowest BCUT2D eigenvalue weighted by molar-refractivity contribution is -0.123. The number of benzene rings is 2. The number of carbonyl (C=O) groups excluding carboxylic acids is 2. The van der Waals surface area contributed by atoms with Crippen molar-refractivity contribution in [1.82, 2.24) is 0 Å². The van der Waals surface area contributed by atoms with Gasteiger partial charge in [0.25, 0.3) is 0 Å². The standard InChI is InChI=1S/C18H18Cl2N2O2/c1-11(2)12-3-5-13(6-4-12)21-17(23)10-18(24)22-14-7-8-15(19)16(20)9-14/h3-9,11H,10H2,1-2H3,(H,21,23)(H,22,24). The average molecular weight is 365 g/mol. The molecule has 0 fully saturated rings. The van der Waals surface area contributed by atoms with Crippen molar-refractivity contribution in [2.75, 3.05) is 10.6 Å². The maximum Gasteiger partial charge on any atom is 0.233 e. The highest BCUT2D eigenvalue weighted by Crippen LogP contribution is 2.25. The van der Waals surface area contributed by atoms with Crippen molar-refractivity contribution in [2.45, 2.75) is 26.2 Å². The number of amides is 2. The number of rotatable bonds is 5. The van der Waals surface area contributed by atoms with Gasteiger partial charge in [-0.05, 0) is 41.8 Å². The first-order valence-electron chi connectivity index (χ1n) is 7.50. The molecule has 0 bridgehead atoms. The van der Waals surface area contributed by atoms with E-state index in [-0.39, 0.29) is 12.3 Å². The SMILES string of the molecule is CC(C)c1ccc(NC(=O)CC(=O)Nc2ccc(Cl)c(Cl)c2)cc1. The minimum Gasteiger partial charge on any atom is -0.326 e. The van der Waals surface area contributed by atoms with Crippen LogP contribution in [0, 0.1) is 0 Å². The van der Waals surface area contributed by atoms with Crippen LogP contribution in [0.4, 0.5) is 11.4 Å². The molecule has 0 saturated heterocycles. The van der Waals surface area contributed by atoms with E-state index in [4.69, 9.17) is 23.2 Å². The summed E-state index contributed by atoms with van der Waals surface area (Å²) < 4.78 is 0. The normalized spacial score (nSPS) is 10.5. The van der Waals surface area contributed by atoms with Crippen molar-refractivity contribution < 1.29 is 9.59 Å². The molecule has 2 rings (SSSR count). The summed E-state index contributed by atoms with van der Waals surface area (Å²) in [6.07, 6.45) is -0.286. The van der Waals surface area contributed by atoms with E-state index in [1.54, 1.807) is 12.1 Å². The Kier molecular flexibility index (Phi) is 6.23. The molecule has 2 amide bonds. The lowest BCUT2D eigenvalue weighted by Crippen LogP contribution is -2.21. The number of hydrogen-bond donors (Lipinski definition) is 2. The molecule has 0 aliphatic heterocycles. The minimum absolute atomic E-state index is 0.286. The van der Waals surface area contributed by atoms with Crippen molar-refractivity contribution >= 4 is 46.4 Å². The van der Waals surface area contributed by atoms with E-state index in [1.165, 1.54) is 11.6 Å². The zero-order chi connectivity index (χ0) is 17.7. The number of carbonyl (C=O) groups is 2. The average Bonchev–Trinajstić information content (AvgIpc) is 2.51. The van der Waals surface area contributed by atoms with E-state index >= 15 is 0 Å². The Hall–Kier alpha value is -2.04. The van der Waals surface area contributed by atoms with E-state index in [1.807, 2.05) is 24.3 Å². The first kappa shape index (κ1) is 18.3. The van der Waals surface area contributed by atoms with Crippen LogP contribution in [0.2, 0.25) is 10.0 Å². The summed E-state index contributed by atoms with van der Waals surface area (Å²) in [5.74, 6) is -0.388. The smallest absolute Gasteiger partial charge is 0.233 e. The summed E-state index contributed by atoms with van der Waals surface area (Å²) in [6.45, 7) is 4.20. The van der Waals surface area contributed by atoms with Gasteiger partial charge in [0.05, 0.1) is 10.0 Å². The molecule has 2 N–H and O–H groups in total. The molecule has 126 valence electrons. The Labute approximate surface area is 151 Å². The van der Waals surface area contributed by atoms with Crippen LogP contribution >= 0.6 is 23.2 Å². The Balaban J connectivity index is 1.89. The van der Waals surface area contributed by atoms with Crippen LogP contribution in [0.25, 0.3) is 0 Å². The fourth-order valence-electron chi connectivity index (χ4n) is 2.08. The predicted octanol–water partition coefficient (Wildman–Crippen LogP) is 5.08. The Morgan fingerprint density at radius 2 is 1.42 bits per heavy atom. The van der Waals surface area contributed by atoms with E-state index in [2.05, 4.69) is 24.5 Å². The molecule has 4 nitrogen and oxygen atoms in total. The fourth-order valence-corrected chi connectivity index (χ4v) is 2.38. The Bertz CT molecular complexity index is 743. The maximum absolute atomic E-state index is 11.9. The highest BCUT2D eigenvalue weighted by atomic mass is 35.5. The quantitative estimate of drug-likeness (QED) is 0.726. The van der Waals surface area contributed by atoms with Crippen LogP contribution in [0.15, 0.2) is 42.5 Å². The molecule has 0 aliphatic rings. The molecule has 0 heterocycles. The second-order valence-corrected chi connectivity index (χ2v) is 6.49. The van der Waals surface area contributed by atoms with Gasteiger partial charge in [-0.15, -0.1) is 0 Å². The first-order valence-corrected chi connectivity index (χ1v) is 8.25. The van der Waals surface area contributed by atoms with Gasteiger partial charge in [-0.25, -0.2) is 0 Å². The van der Waals surface area contributed by atoms with Crippen molar-refractivity contribution in [3.05, 3.63) is 58.1 Å². The summed E-state index contributed by atoms with van der Waals surface area (Å²) >= 11 is 11.7. The van der Waals surface area contributed by atoms with Gasteiger partial charge in [0.15, 0.2) is 0 Å². The van der Waals surface area contributed by atoms with Crippen LogP contribution in [0.3, 0.4) is 0 Å². The monoisotopic (exact) mass is 364 g/mol. The van der Waals surface area contributed by atoms with Gasteiger partial charge >= 0.3 is 0 Å².